The first-order valence-corrected chi connectivity index (χ1v) is 12.3. The first kappa shape index (κ1) is 23.8. The lowest BCUT2D eigenvalue weighted by Crippen LogP contribution is -2.44. The zero-order valence-electron chi connectivity index (χ0n) is 20.1. The van der Waals surface area contributed by atoms with Crippen LogP contribution < -0.4 is 5.32 Å². The largest absolute Gasteiger partial charge is 0.394 e. The zero-order chi connectivity index (χ0) is 23.5. The van der Waals surface area contributed by atoms with Gasteiger partial charge in [-0.05, 0) is 81.5 Å². The third-order valence-corrected chi connectivity index (χ3v) is 7.52. The van der Waals surface area contributed by atoms with E-state index in [2.05, 4.69) is 16.9 Å². The molecule has 2 heterocycles. The van der Waals surface area contributed by atoms with E-state index in [1.807, 2.05) is 25.1 Å². The van der Waals surface area contributed by atoms with Crippen LogP contribution in [0.4, 0.5) is 0 Å². The highest BCUT2D eigenvalue weighted by atomic mass is 16.5. The van der Waals surface area contributed by atoms with Crippen molar-refractivity contribution in [2.75, 3.05) is 32.9 Å². The Kier molecular flexibility index (Phi) is 7.39. The third kappa shape index (κ3) is 4.94. The summed E-state index contributed by atoms with van der Waals surface area (Å²) in [6, 6.07) is 5.62. The number of carbonyl (C=O) groups excluding carboxylic acids is 2. The van der Waals surface area contributed by atoms with Crippen LogP contribution in [-0.4, -0.2) is 65.3 Å². The number of rotatable bonds is 7. The van der Waals surface area contributed by atoms with E-state index in [4.69, 9.17) is 9.84 Å². The van der Waals surface area contributed by atoms with E-state index in [0.29, 0.717) is 18.0 Å². The Morgan fingerprint density at radius 3 is 2.70 bits per heavy atom. The van der Waals surface area contributed by atoms with Crippen molar-refractivity contribution in [3.8, 4) is 0 Å². The highest BCUT2D eigenvalue weighted by molar-refractivity contribution is 6.00. The second-order valence-electron chi connectivity index (χ2n) is 9.64. The Labute approximate surface area is 196 Å². The van der Waals surface area contributed by atoms with E-state index in [1.165, 1.54) is 28.6 Å². The van der Waals surface area contributed by atoms with Crippen LogP contribution in [0.15, 0.2) is 18.2 Å². The summed E-state index contributed by atoms with van der Waals surface area (Å²) in [4.78, 5) is 27.1. The minimum absolute atomic E-state index is 0.0174. The first-order valence-electron chi connectivity index (χ1n) is 12.3. The summed E-state index contributed by atoms with van der Waals surface area (Å²) in [5, 5.41) is 13.0. The fourth-order valence-corrected chi connectivity index (χ4v) is 5.58. The summed E-state index contributed by atoms with van der Waals surface area (Å²) in [6.45, 7) is 5.65. The highest BCUT2D eigenvalue weighted by Gasteiger charge is 2.31. The van der Waals surface area contributed by atoms with Crippen LogP contribution in [0.5, 0.6) is 0 Å². The fraction of sp³-hybridized carbons (Fsp3) is 0.615. The molecule has 2 aromatic rings. The molecule has 1 aromatic carbocycles. The van der Waals surface area contributed by atoms with Gasteiger partial charge in [0.15, 0.2) is 0 Å². The lowest BCUT2D eigenvalue weighted by molar-refractivity contribution is -0.122. The molecule has 0 bridgehead atoms. The topological polar surface area (TPSA) is 83.8 Å². The van der Waals surface area contributed by atoms with Crippen molar-refractivity contribution in [1.29, 1.82) is 0 Å². The van der Waals surface area contributed by atoms with E-state index in [0.717, 1.165) is 44.8 Å². The number of carbonyl (C=O) groups is 2. The molecule has 180 valence electrons. The predicted molar refractivity (Wildman–Crippen MR) is 128 cm³/mol. The molecule has 0 spiro atoms. The number of nitrogens with one attached hydrogen (secondary N) is 1. The molecule has 7 nitrogen and oxygen atoms in total. The monoisotopic (exact) mass is 455 g/mol. The van der Waals surface area contributed by atoms with Gasteiger partial charge in [-0.1, -0.05) is 0 Å². The smallest absolute Gasteiger partial charge is 0.254 e. The Hall–Kier alpha value is -2.38. The highest BCUT2D eigenvalue weighted by Crippen LogP contribution is 2.39. The van der Waals surface area contributed by atoms with Crippen LogP contribution in [0.3, 0.4) is 0 Å². The van der Waals surface area contributed by atoms with Gasteiger partial charge in [0.25, 0.3) is 5.91 Å². The maximum Gasteiger partial charge on any atom is 0.254 e. The van der Waals surface area contributed by atoms with E-state index >= 15 is 0 Å². The summed E-state index contributed by atoms with van der Waals surface area (Å²) < 4.78 is 7.87. The lowest BCUT2D eigenvalue weighted by atomic mass is 9.75. The van der Waals surface area contributed by atoms with Crippen molar-refractivity contribution in [2.45, 2.75) is 52.0 Å². The molecule has 1 aliphatic carbocycles. The predicted octanol–water partition coefficient (Wildman–Crippen LogP) is 2.67. The van der Waals surface area contributed by atoms with Gasteiger partial charge in [0, 0.05) is 55.0 Å². The molecule has 2 atom stereocenters. The van der Waals surface area contributed by atoms with Gasteiger partial charge in [0.1, 0.15) is 0 Å². The van der Waals surface area contributed by atoms with Gasteiger partial charge in [-0.2, -0.15) is 0 Å². The van der Waals surface area contributed by atoms with Crippen molar-refractivity contribution < 1.29 is 19.4 Å². The molecule has 0 saturated carbocycles. The van der Waals surface area contributed by atoms with Crippen LogP contribution in [-0.2, 0) is 29.4 Å². The molecule has 1 aromatic heterocycles. The summed E-state index contributed by atoms with van der Waals surface area (Å²) >= 11 is 0. The fourth-order valence-electron chi connectivity index (χ4n) is 5.58. The number of aromatic nitrogens is 1. The second kappa shape index (κ2) is 10.3. The quantitative estimate of drug-likeness (QED) is 0.672. The molecule has 1 fully saturated rings. The van der Waals surface area contributed by atoms with Gasteiger partial charge < -0.3 is 24.6 Å². The van der Waals surface area contributed by atoms with Gasteiger partial charge in [0.2, 0.25) is 5.91 Å². The molecule has 2 N–H and O–H groups in total. The number of fused-ring (bicyclic) bond motifs is 3. The maximum atomic E-state index is 13.3. The number of aliphatic hydroxyl groups excluding tert-OH is 1. The van der Waals surface area contributed by atoms with Crippen molar-refractivity contribution >= 4 is 22.7 Å². The summed E-state index contributed by atoms with van der Waals surface area (Å²) in [7, 11) is 2.13. The maximum absolute atomic E-state index is 13.3. The van der Waals surface area contributed by atoms with Crippen molar-refractivity contribution in [2.24, 2.45) is 18.9 Å². The molecular formula is C26H37N3O4. The van der Waals surface area contributed by atoms with Gasteiger partial charge in [-0.25, -0.2) is 0 Å². The molecule has 2 unspecified atom stereocenters. The Morgan fingerprint density at radius 2 is 2.00 bits per heavy atom. The number of likely N-dealkylation sites (N-methyl/N-ethyl adjacent to an activating group) is 1. The number of aryl methyl sites for hydroxylation is 1. The Bertz CT molecular complexity index is 1010. The van der Waals surface area contributed by atoms with E-state index in [-0.39, 0.29) is 31.0 Å². The Morgan fingerprint density at radius 1 is 1.24 bits per heavy atom. The molecule has 1 aliphatic heterocycles. The number of nitrogens with zero attached hydrogens (tertiary/aromatic N) is 2. The molecule has 2 aliphatic rings. The van der Waals surface area contributed by atoms with Crippen molar-refractivity contribution in [3.63, 3.8) is 0 Å². The van der Waals surface area contributed by atoms with Gasteiger partial charge >= 0.3 is 0 Å². The number of amides is 2. The van der Waals surface area contributed by atoms with Crippen molar-refractivity contribution in [3.05, 3.63) is 35.0 Å². The third-order valence-electron chi connectivity index (χ3n) is 7.52. The average molecular weight is 456 g/mol. The number of aliphatic hydroxyl groups is 1. The standard InChI is InChI=1S/C26H37N3O4/c1-4-29(15-25(31)27-17(2)16-30)26(32)20-6-8-24-22(14-20)21-13-19(5-7-23(21)28(24)3)18-9-11-33-12-10-18/h6,8,14,17-19,30H,4-5,7,9-13,15-16H2,1-3H3,(H,27,31). The van der Waals surface area contributed by atoms with Crippen LogP contribution in [0.2, 0.25) is 0 Å². The molecule has 1 saturated heterocycles. The first-order chi connectivity index (χ1) is 15.9. The zero-order valence-corrected chi connectivity index (χ0v) is 20.1. The number of hydrogen-bond acceptors (Lipinski definition) is 4. The van der Waals surface area contributed by atoms with Crippen LogP contribution in [0.25, 0.3) is 10.9 Å². The molecule has 0 radical (unpaired) electrons. The second-order valence-corrected chi connectivity index (χ2v) is 9.64. The van der Waals surface area contributed by atoms with Crippen LogP contribution >= 0.6 is 0 Å². The summed E-state index contributed by atoms with van der Waals surface area (Å²) in [5.74, 6) is 1.00. The van der Waals surface area contributed by atoms with Gasteiger partial charge in [-0.15, -0.1) is 0 Å². The van der Waals surface area contributed by atoms with Crippen molar-refractivity contribution in [1.82, 2.24) is 14.8 Å². The summed E-state index contributed by atoms with van der Waals surface area (Å²) in [6.07, 6.45) is 5.66. The minimum Gasteiger partial charge on any atom is -0.394 e. The molecule has 2 amide bonds. The number of ether oxygens (including phenoxy) is 1. The SMILES string of the molecule is CCN(CC(=O)NC(C)CO)C(=O)c1ccc2c(c1)c1c(n2C)CCC(C2CCOCC2)C1. The van der Waals surface area contributed by atoms with E-state index < -0.39 is 0 Å². The molecule has 7 heteroatoms. The minimum atomic E-state index is -0.331. The van der Waals surface area contributed by atoms with E-state index in [1.54, 1.807) is 11.8 Å². The average Bonchev–Trinajstić information content (AvgIpc) is 3.13. The molecule has 4 rings (SSSR count). The molecular weight excluding hydrogens is 418 g/mol. The van der Waals surface area contributed by atoms with Gasteiger partial charge in [-0.3, -0.25) is 9.59 Å². The lowest BCUT2D eigenvalue weighted by Gasteiger charge is -2.33. The van der Waals surface area contributed by atoms with Gasteiger partial charge in [0.05, 0.1) is 13.2 Å². The van der Waals surface area contributed by atoms with Crippen LogP contribution in [0, 0.1) is 11.8 Å². The summed E-state index contributed by atoms with van der Waals surface area (Å²) in [5.41, 5.74) is 4.57. The number of benzene rings is 1. The normalized spacial score (nSPS) is 19.8. The molecule has 33 heavy (non-hydrogen) atoms. The number of hydrogen-bond donors (Lipinski definition) is 2. The van der Waals surface area contributed by atoms with E-state index in [9.17, 15) is 9.59 Å². The van der Waals surface area contributed by atoms with Crippen LogP contribution in [0.1, 0.15) is 54.7 Å². The Balaban J connectivity index is 1.57.